The molecule has 0 aromatic carbocycles. The van der Waals surface area contributed by atoms with Crippen LogP contribution >= 0.6 is 11.3 Å². The molecule has 0 bridgehead atoms. The van der Waals surface area contributed by atoms with E-state index < -0.39 is 5.91 Å². The van der Waals surface area contributed by atoms with Crippen molar-refractivity contribution in [1.29, 1.82) is 0 Å². The molecule has 0 radical (unpaired) electrons. The van der Waals surface area contributed by atoms with Crippen LogP contribution in [-0.2, 0) is 6.54 Å². The van der Waals surface area contributed by atoms with Gasteiger partial charge in [-0.2, -0.15) is 9.61 Å². The summed E-state index contributed by atoms with van der Waals surface area (Å²) < 4.78 is 12.0. The summed E-state index contributed by atoms with van der Waals surface area (Å²) in [6, 6.07) is 12.7. The number of nitrogens with one attached hydrogen (secondary N) is 1. The van der Waals surface area contributed by atoms with E-state index in [4.69, 9.17) is 8.94 Å². The molecule has 0 aliphatic rings. The molecular formula is C18H12N6O3S. The number of hydrogen-bond acceptors (Lipinski definition) is 8. The first-order chi connectivity index (χ1) is 13.8. The van der Waals surface area contributed by atoms with E-state index in [1.165, 1.54) is 12.3 Å². The highest BCUT2D eigenvalue weighted by molar-refractivity contribution is 7.13. The fraction of sp³-hybridized carbons (Fsp3) is 0.0556. The Labute approximate surface area is 161 Å². The lowest BCUT2D eigenvalue weighted by Crippen LogP contribution is -2.24. The molecule has 0 aliphatic carbocycles. The van der Waals surface area contributed by atoms with Crippen molar-refractivity contribution in [2.24, 2.45) is 0 Å². The minimum Gasteiger partial charge on any atom is -0.461 e. The molecular weight excluding hydrogens is 380 g/mol. The topological polar surface area (TPSA) is 111 Å². The average Bonchev–Trinajstić information content (AvgIpc) is 3.52. The number of aromatic nitrogens is 5. The van der Waals surface area contributed by atoms with Crippen LogP contribution in [0.4, 0.5) is 0 Å². The van der Waals surface area contributed by atoms with Gasteiger partial charge in [0.1, 0.15) is 5.69 Å². The maximum atomic E-state index is 12.4. The Bertz CT molecular complexity index is 1240. The fourth-order valence-electron chi connectivity index (χ4n) is 2.67. The SMILES string of the molecule is O=C(NCc1nnc2ccc(-c3cccs3)nn12)c1cc(-c2ccco2)on1. The quantitative estimate of drug-likeness (QED) is 0.489. The summed E-state index contributed by atoms with van der Waals surface area (Å²) in [6.07, 6.45) is 1.52. The van der Waals surface area contributed by atoms with E-state index >= 15 is 0 Å². The van der Waals surface area contributed by atoms with Crippen molar-refractivity contribution in [2.45, 2.75) is 6.54 Å². The first kappa shape index (κ1) is 16.4. The Morgan fingerprint density at radius 2 is 2.11 bits per heavy atom. The van der Waals surface area contributed by atoms with Gasteiger partial charge in [-0.15, -0.1) is 21.5 Å². The second-order valence-electron chi connectivity index (χ2n) is 5.82. The van der Waals surface area contributed by atoms with E-state index in [9.17, 15) is 4.79 Å². The van der Waals surface area contributed by atoms with Crippen LogP contribution < -0.4 is 5.32 Å². The maximum Gasteiger partial charge on any atom is 0.273 e. The Hall–Kier alpha value is -3.79. The number of amides is 1. The largest absolute Gasteiger partial charge is 0.461 e. The molecule has 0 spiro atoms. The summed E-state index contributed by atoms with van der Waals surface area (Å²) in [4.78, 5) is 13.4. The first-order valence-electron chi connectivity index (χ1n) is 8.32. The number of fused-ring (bicyclic) bond motifs is 1. The predicted octanol–water partition coefficient (Wildman–Crippen LogP) is 3.03. The van der Waals surface area contributed by atoms with Gasteiger partial charge in [0.05, 0.1) is 17.7 Å². The van der Waals surface area contributed by atoms with Gasteiger partial charge in [0.15, 0.2) is 22.9 Å². The zero-order valence-corrected chi connectivity index (χ0v) is 15.1. The van der Waals surface area contributed by atoms with Crippen molar-refractivity contribution in [2.75, 3.05) is 0 Å². The molecule has 0 aliphatic heterocycles. The lowest BCUT2D eigenvalue weighted by atomic mass is 10.3. The van der Waals surface area contributed by atoms with E-state index in [-0.39, 0.29) is 12.2 Å². The Kier molecular flexibility index (Phi) is 3.95. The number of rotatable bonds is 5. The molecule has 5 heterocycles. The van der Waals surface area contributed by atoms with Crippen LogP contribution in [0.2, 0.25) is 0 Å². The summed E-state index contributed by atoms with van der Waals surface area (Å²) in [5.41, 5.74) is 1.56. The van der Waals surface area contributed by atoms with Crippen molar-refractivity contribution in [3.63, 3.8) is 0 Å². The minimum absolute atomic E-state index is 0.143. The van der Waals surface area contributed by atoms with Crippen molar-refractivity contribution in [3.8, 4) is 22.1 Å². The third-order valence-corrected chi connectivity index (χ3v) is 4.91. The van der Waals surface area contributed by atoms with Crippen molar-refractivity contribution in [3.05, 3.63) is 65.6 Å². The molecule has 0 saturated heterocycles. The second kappa shape index (κ2) is 6.74. The van der Waals surface area contributed by atoms with Crippen molar-refractivity contribution >= 4 is 22.9 Å². The van der Waals surface area contributed by atoms with Gasteiger partial charge in [-0.25, -0.2) is 0 Å². The molecule has 1 N–H and O–H groups in total. The van der Waals surface area contributed by atoms with Gasteiger partial charge in [-0.1, -0.05) is 11.2 Å². The Balaban J connectivity index is 1.34. The van der Waals surface area contributed by atoms with E-state index in [0.717, 1.165) is 10.6 Å². The van der Waals surface area contributed by atoms with Crippen LogP contribution in [-0.4, -0.2) is 30.9 Å². The van der Waals surface area contributed by atoms with Crippen LogP contribution in [0.3, 0.4) is 0 Å². The number of carbonyl (C=O) groups is 1. The van der Waals surface area contributed by atoms with Crippen LogP contribution in [0.25, 0.3) is 27.7 Å². The number of thiophene rings is 1. The predicted molar refractivity (Wildman–Crippen MR) is 99.5 cm³/mol. The van der Waals surface area contributed by atoms with E-state index in [2.05, 4.69) is 25.8 Å². The summed E-state index contributed by atoms with van der Waals surface area (Å²) in [6.45, 7) is 0.143. The van der Waals surface area contributed by atoms with Gasteiger partial charge in [-0.05, 0) is 35.7 Å². The van der Waals surface area contributed by atoms with E-state index in [1.807, 2.05) is 29.6 Å². The third-order valence-electron chi connectivity index (χ3n) is 4.01. The molecule has 0 fully saturated rings. The molecule has 5 aromatic heterocycles. The first-order valence-corrected chi connectivity index (χ1v) is 9.20. The highest BCUT2D eigenvalue weighted by atomic mass is 32.1. The van der Waals surface area contributed by atoms with Crippen LogP contribution in [0.15, 0.2) is 63.0 Å². The number of furan rings is 1. The normalized spacial score (nSPS) is 11.1. The highest BCUT2D eigenvalue weighted by Crippen LogP contribution is 2.23. The zero-order chi connectivity index (χ0) is 18.9. The van der Waals surface area contributed by atoms with Crippen LogP contribution in [0.1, 0.15) is 16.3 Å². The van der Waals surface area contributed by atoms with E-state index in [0.29, 0.717) is 23.0 Å². The molecule has 9 nitrogen and oxygen atoms in total. The smallest absolute Gasteiger partial charge is 0.273 e. The van der Waals surface area contributed by atoms with Gasteiger partial charge in [0, 0.05) is 6.07 Å². The molecule has 0 atom stereocenters. The standard InChI is InChI=1S/C18H12N6O3S/c25-18(12-9-14(27-23-12)13-3-1-7-26-13)19-10-17-21-20-16-6-5-11(22-24(16)17)15-4-2-8-28-15/h1-9H,10H2,(H,19,25). The van der Waals surface area contributed by atoms with Gasteiger partial charge in [0.2, 0.25) is 5.76 Å². The molecule has 28 heavy (non-hydrogen) atoms. The third kappa shape index (κ3) is 2.95. The zero-order valence-electron chi connectivity index (χ0n) is 14.3. The monoisotopic (exact) mass is 392 g/mol. The van der Waals surface area contributed by atoms with Gasteiger partial charge < -0.3 is 14.3 Å². The van der Waals surface area contributed by atoms with Gasteiger partial charge in [-0.3, -0.25) is 4.79 Å². The molecule has 10 heteroatoms. The summed E-state index contributed by atoms with van der Waals surface area (Å²) in [5, 5.41) is 21.3. The summed E-state index contributed by atoms with van der Waals surface area (Å²) in [7, 11) is 0. The summed E-state index contributed by atoms with van der Waals surface area (Å²) >= 11 is 1.60. The number of carbonyl (C=O) groups excluding carboxylic acids is 1. The Morgan fingerprint density at radius 3 is 2.93 bits per heavy atom. The number of hydrogen-bond donors (Lipinski definition) is 1. The fourth-order valence-corrected chi connectivity index (χ4v) is 3.36. The van der Waals surface area contributed by atoms with Gasteiger partial charge in [0.25, 0.3) is 5.91 Å². The Morgan fingerprint density at radius 1 is 1.14 bits per heavy atom. The lowest BCUT2D eigenvalue weighted by molar-refractivity contribution is 0.0940. The second-order valence-corrected chi connectivity index (χ2v) is 6.77. The molecule has 5 aromatic rings. The molecule has 5 rings (SSSR count). The molecule has 0 unspecified atom stereocenters. The van der Waals surface area contributed by atoms with Crippen LogP contribution in [0.5, 0.6) is 0 Å². The molecule has 138 valence electrons. The van der Waals surface area contributed by atoms with E-state index in [1.54, 1.807) is 28.0 Å². The van der Waals surface area contributed by atoms with Gasteiger partial charge >= 0.3 is 0 Å². The maximum absolute atomic E-state index is 12.4. The molecule has 1 amide bonds. The summed E-state index contributed by atoms with van der Waals surface area (Å²) in [5.74, 6) is 0.995. The average molecular weight is 392 g/mol. The lowest BCUT2D eigenvalue weighted by Gasteiger charge is -2.02. The van der Waals surface area contributed by atoms with Crippen molar-refractivity contribution < 1.29 is 13.7 Å². The molecule has 0 saturated carbocycles. The van der Waals surface area contributed by atoms with Crippen molar-refractivity contribution in [1.82, 2.24) is 30.3 Å². The highest BCUT2D eigenvalue weighted by Gasteiger charge is 2.16. The number of nitrogens with zero attached hydrogens (tertiary/aromatic N) is 5. The minimum atomic E-state index is -0.396. The van der Waals surface area contributed by atoms with Crippen LogP contribution in [0, 0.1) is 0 Å².